The lowest BCUT2D eigenvalue weighted by atomic mass is 9.95. The summed E-state index contributed by atoms with van der Waals surface area (Å²) in [7, 11) is 0. The van der Waals surface area contributed by atoms with Gasteiger partial charge in [-0.3, -0.25) is 4.79 Å². The van der Waals surface area contributed by atoms with Gasteiger partial charge in [0, 0.05) is 9.35 Å². The maximum Gasteiger partial charge on any atom is 0.194 e. The lowest BCUT2D eigenvalue weighted by Gasteiger charge is -2.07. The van der Waals surface area contributed by atoms with Crippen LogP contribution in [0.5, 0.6) is 0 Å². The second kappa shape index (κ2) is 5.47. The molecule has 2 aromatic rings. The van der Waals surface area contributed by atoms with Crippen molar-refractivity contribution in [1.82, 2.24) is 0 Å². The Kier molecular flexibility index (Phi) is 3.95. The first-order valence-electron chi connectivity index (χ1n) is 5.37. The summed E-state index contributed by atoms with van der Waals surface area (Å²) in [5.41, 5.74) is 0.725. The SMILES string of the molecule is Cc1ccc(C(=O)C(C#N)c2cccc(Br)c2)s1. The van der Waals surface area contributed by atoms with Crippen LogP contribution in [0.1, 0.15) is 26.0 Å². The molecule has 1 aromatic carbocycles. The standard InChI is InChI=1S/C14H10BrNOS/c1-9-5-6-13(18-9)14(17)12(8-16)10-3-2-4-11(15)7-10/h2-7,12H,1H3. The Hall–Kier alpha value is -1.44. The lowest BCUT2D eigenvalue weighted by molar-refractivity contribution is 0.0983. The molecule has 0 spiro atoms. The van der Waals surface area contributed by atoms with E-state index in [9.17, 15) is 10.1 Å². The van der Waals surface area contributed by atoms with E-state index < -0.39 is 5.92 Å². The fourth-order valence-corrected chi connectivity index (χ4v) is 2.93. The molecule has 0 N–H and O–H groups in total. The normalized spacial score (nSPS) is 11.8. The lowest BCUT2D eigenvalue weighted by Crippen LogP contribution is -2.09. The van der Waals surface area contributed by atoms with Gasteiger partial charge in [-0.15, -0.1) is 11.3 Å². The zero-order chi connectivity index (χ0) is 13.1. The van der Waals surface area contributed by atoms with Gasteiger partial charge in [0.25, 0.3) is 0 Å². The average molecular weight is 320 g/mol. The molecule has 1 atom stereocenters. The fourth-order valence-electron chi connectivity index (χ4n) is 1.68. The number of benzene rings is 1. The molecule has 2 rings (SSSR count). The summed E-state index contributed by atoms with van der Waals surface area (Å²) in [4.78, 5) is 14.0. The van der Waals surface area contributed by atoms with Crippen molar-refractivity contribution in [3.05, 3.63) is 56.2 Å². The van der Waals surface area contributed by atoms with E-state index in [1.165, 1.54) is 11.3 Å². The number of halogens is 1. The van der Waals surface area contributed by atoms with Crippen molar-refractivity contribution in [2.24, 2.45) is 0 Å². The van der Waals surface area contributed by atoms with Crippen LogP contribution < -0.4 is 0 Å². The Bertz CT molecular complexity index is 627. The van der Waals surface area contributed by atoms with Crippen LogP contribution in [-0.4, -0.2) is 5.78 Å². The molecule has 0 aliphatic rings. The van der Waals surface area contributed by atoms with Crippen LogP contribution in [-0.2, 0) is 0 Å². The van der Waals surface area contributed by atoms with Crippen LogP contribution in [0.2, 0.25) is 0 Å². The Morgan fingerprint density at radius 2 is 2.17 bits per heavy atom. The summed E-state index contributed by atoms with van der Waals surface area (Å²) in [6.45, 7) is 1.95. The van der Waals surface area contributed by atoms with E-state index in [2.05, 4.69) is 22.0 Å². The van der Waals surface area contributed by atoms with Crippen molar-refractivity contribution in [3.8, 4) is 6.07 Å². The maximum absolute atomic E-state index is 12.3. The molecule has 90 valence electrons. The molecule has 0 fully saturated rings. The number of hydrogen-bond acceptors (Lipinski definition) is 3. The van der Waals surface area contributed by atoms with E-state index in [-0.39, 0.29) is 5.78 Å². The molecule has 1 aromatic heterocycles. The number of nitrogens with zero attached hydrogens (tertiary/aromatic N) is 1. The van der Waals surface area contributed by atoms with Gasteiger partial charge in [0.05, 0.1) is 10.9 Å². The van der Waals surface area contributed by atoms with E-state index >= 15 is 0 Å². The molecule has 1 unspecified atom stereocenters. The van der Waals surface area contributed by atoms with Gasteiger partial charge >= 0.3 is 0 Å². The van der Waals surface area contributed by atoms with Crippen molar-refractivity contribution in [2.45, 2.75) is 12.8 Å². The molecule has 2 nitrogen and oxygen atoms in total. The molecule has 4 heteroatoms. The molecule has 18 heavy (non-hydrogen) atoms. The summed E-state index contributed by atoms with van der Waals surface area (Å²) in [6, 6.07) is 13.1. The van der Waals surface area contributed by atoms with Gasteiger partial charge in [0.15, 0.2) is 5.78 Å². The van der Waals surface area contributed by atoms with Crippen LogP contribution in [0, 0.1) is 18.3 Å². The molecule has 0 bridgehead atoms. The Balaban J connectivity index is 2.35. The highest BCUT2D eigenvalue weighted by Gasteiger charge is 2.22. The van der Waals surface area contributed by atoms with E-state index in [4.69, 9.17) is 0 Å². The number of carbonyl (C=O) groups is 1. The van der Waals surface area contributed by atoms with Crippen LogP contribution in [0.3, 0.4) is 0 Å². The number of hydrogen-bond donors (Lipinski definition) is 0. The molecular weight excluding hydrogens is 310 g/mol. The van der Waals surface area contributed by atoms with Crippen molar-refractivity contribution >= 4 is 33.0 Å². The van der Waals surface area contributed by atoms with Gasteiger partial charge in [-0.2, -0.15) is 5.26 Å². The predicted molar refractivity (Wildman–Crippen MR) is 75.9 cm³/mol. The number of carbonyl (C=O) groups excluding carboxylic acids is 1. The zero-order valence-corrected chi connectivity index (χ0v) is 12.1. The monoisotopic (exact) mass is 319 g/mol. The molecule has 0 amide bonds. The maximum atomic E-state index is 12.3. The van der Waals surface area contributed by atoms with Gasteiger partial charge in [-0.1, -0.05) is 28.1 Å². The Labute approximate surface area is 118 Å². The van der Waals surface area contributed by atoms with Gasteiger partial charge in [0.1, 0.15) is 5.92 Å². The molecule has 0 aliphatic heterocycles. The van der Waals surface area contributed by atoms with Crippen molar-refractivity contribution in [3.63, 3.8) is 0 Å². The Morgan fingerprint density at radius 3 is 2.72 bits per heavy atom. The van der Waals surface area contributed by atoms with E-state index in [0.29, 0.717) is 4.88 Å². The van der Waals surface area contributed by atoms with Gasteiger partial charge in [-0.05, 0) is 36.8 Å². The number of Topliss-reactive ketones (excluding diaryl/α,β-unsaturated/α-hetero) is 1. The van der Waals surface area contributed by atoms with Crippen LogP contribution >= 0.6 is 27.3 Å². The highest BCUT2D eigenvalue weighted by molar-refractivity contribution is 9.10. The zero-order valence-electron chi connectivity index (χ0n) is 9.68. The first-order chi connectivity index (χ1) is 8.61. The first kappa shape index (κ1) is 13.0. The molecule has 0 saturated heterocycles. The number of thiophene rings is 1. The van der Waals surface area contributed by atoms with Crippen molar-refractivity contribution in [2.75, 3.05) is 0 Å². The molecular formula is C14H10BrNOS. The third-order valence-corrected chi connectivity index (χ3v) is 4.06. The second-order valence-corrected chi connectivity index (χ2v) is 6.10. The fraction of sp³-hybridized carbons (Fsp3) is 0.143. The van der Waals surface area contributed by atoms with Crippen LogP contribution in [0.15, 0.2) is 40.9 Å². The number of ketones is 1. The quantitative estimate of drug-likeness (QED) is 0.791. The summed E-state index contributed by atoms with van der Waals surface area (Å²) in [6.07, 6.45) is 0. The summed E-state index contributed by atoms with van der Waals surface area (Å²) >= 11 is 4.78. The Morgan fingerprint density at radius 1 is 1.39 bits per heavy atom. The minimum Gasteiger partial charge on any atom is -0.291 e. The largest absolute Gasteiger partial charge is 0.291 e. The summed E-state index contributed by atoms with van der Waals surface area (Å²) < 4.78 is 0.871. The smallest absolute Gasteiger partial charge is 0.194 e. The average Bonchev–Trinajstić information content (AvgIpc) is 2.77. The minimum atomic E-state index is -0.736. The highest BCUT2D eigenvalue weighted by atomic mass is 79.9. The van der Waals surface area contributed by atoms with Crippen molar-refractivity contribution < 1.29 is 4.79 Å². The third-order valence-electron chi connectivity index (χ3n) is 2.56. The molecule has 0 aliphatic carbocycles. The van der Waals surface area contributed by atoms with Crippen LogP contribution in [0.4, 0.5) is 0 Å². The van der Waals surface area contributed by atoms with Gasteiger partial charge < -0.3 is 0 Å². The van der Waals surface area contributed by atoms with Crippen LogP contribution in [0.25, 0.3) is 0 Å². The van der Waals surface area contributed by atoms with Gasteiger partial charge in [-0.25, -0.2) is 0 Å². The summed E-state index contributed by atoms with van der Waals surface area (Å²) in [5.74, 6) is -0.866. The van der Waals surface area contributed by atoms with E-state index in [1.54, 1.807) is 12.1 Å². The summed E-state index contributed by atoms with van der Waals surface area (Å²) in [5, 5.41) is 9.23. The first-order valence-corrected chi connectivity index (χ1v) is 6.98. The highest BCUT2D eigenvalue weighted by Crippen LogP contribution is 2.26. The second-order valence-electron chi connectivity index (χ2n) is 3.89. The predicted octanol–water partition coefficient (Wildman–Crippen LogP) is 4.31. The molecule has 0 radical (unpaired) electrons. The minimum absolute atomic E-state index is 0.131. The van der Waals surface area contributed by atoms with Gasteiger partial charge in [0.2, 0.25) is 0 Å². The third kappa shape index (κ3) is 2.69. The topological polar surface area (TPSA) is 40.9 Å². The molecule has 1 heterocycles. The van der Waals surface area contributed by atoms with E-state index in [0.717, 1.165) is 14.9 Å². The number of nitriles is 1. The van der Waals surface area contributed by atoms with E-state index in [1.807, 2.05) is 31.2 Å². The molecule has 0 saturated carbocycles. The van der Waals surface area contributed by atoms with Crippen molar-refractivity contribution in [1.29, 1.82) is 5.26 Å². The number of aryl methyl sites for hydroxylation is 1. The number of rotatable bonds is 3.